The van der Waals surface area contributed by atoms with E-state index in [-0.39, 0.29) is 17.4 Å². The third kappa shape index (κ3) is 3.21. The Morgan fingerprint density at radius 2 is 1.88 bits per heavy atom. The van der Waals surface area contributed by atoms with Crippen LogP contribution in [0, 0.1) is 11.3 Å². The highest BCUT2D eigenvalue weighted by molar-refractivity contribution is 5.83. The minimum Gasteiger partial charge on any atom is -0.352 e. The van der Waals surface area contributed by atoms with Gasteiger partial charge in [0.05, 0.1) is 0 Å². The van der Waals surface area contributed by atoms with E-state index in [2.05, 4.69) is 19.2 Å². The van der Waals surface area contributed by atoms with Crippen molar-refractivity contribution in [2.75, 3.05) is 6.54 Å². The fraction of sp³-hybridized carbons (Fsp3) is 0.923. The van der Waals surface area contributed by atoms with Crippen molar-refractivity contribution in [3.63, 3.8) is 0 Å². The Hall–Kier alpha value is -0.570. The van der Waals surface area contributed by atoms with Gasteiger partial charge in [0.25, 0.3) is 0 Å². The Morgan fingerprint density at radius 3 is 2.31 bits per heavy atom. The second-order valence-electron chi connectivity index (χ2n) is 5.70. The van der Waals surface area contributed by atoms with E-state index in [4.69, 9.17) is 5.73 Å². The summed E-state index contributed by atoms with van der Waals surface area (Å²) in [5.41, 5.74) is 5.45. The molecule has 1 amide bonds. The largest absolute Gasteiger partial charge is 0.352 e. The molecule has 1 rings (SSSR count). The van der Waals surface area contributed by atoms with Crippen molar-refractivity contribution in [1.82, 2.24) is 5.32 Å². The fourth-order valence-electron chi connectivity index (χ4n) is 2.79. The lowest BCUT2D eigenvalue weighted by Gasteiger charge is -2.30. The van der Waals surface area contributed by atoms with Crippen LogP contribution in [-0.4, -0.2) is 18.5 Å². The maximum Gasteiger partial charge on any atom is 0.226 e. The highest BCUT2D eigenvalue weighted by Crippen LogP contribution is 2.43. The Morgan fingerprint density at radius 1 is 1.31 bits per heavy atom. The van der Waals surface area contributed by atoms with Crippen LogP contribution in [0.25, 0.3) is 0 Å². The topological polar surface area (TPSA) is 55.1 Å². The molecule has 3 nitrogen and oxygen atoms in total. The third-order valence-corrected chi connectivity index (χ3v) is 3.57. The van der Waals surface area contributed by atoms with Crippen LogP contribution in [0.2, 0.25) is 0 Å². The molecule has 1 atom stereocenters. The van der Waals surface area contributed by atoms with Gasteiger partial charge in [-0.1, -0.05) is 26.7 Å². The molecule has 3 heteroatoms. The average molecular weight is 226 g/mol. The Balaban J connectivity index is 2.65. The summed E-state index contributed by atoms with van der Waals surface area (Å²) in [6.45, 7) is 6.87. The Bertz CT molecular complexity index is 232. The average Bonchev–Trinajstić information content (AvgIpc) is 2.66. The van der Waals surface area contributed by atoms with E-state index in [0.29, 0.717) is 12.5 Å². The second kappa shape index (κ2) is 5.67. The molecule has 0 unspecified atom stereocenters. The van der Waals surface area contributed by atoms with Crippen LogP contribution in [0.5, 0.6) is 0 Å². The van der Waals surface area contributed by atoms with E-state index in [9.17, 15) is 4.79 Å². The SMILES string of the molecule is CC(C)CC1(C(=O)N[C@@H](C)CN)CCCC1. The predicted octanol–water partition coefficient (Wildman–Crippen LogP) is 2.06. The smallest absolute Gasteiger partial charge is 0.226 e. The zero-order valence-electron chi connectivity index (χ0n) is 10.9. The lowest BCUT2D eigenvalue weighted by atomic mass is 9.77. The van der Waals surface area contributed by atoms with Gasteiger partial charge in [0.1, 0.15) is 0 Å². The summed E-state index contributed by atoms with van der Waals surface area (Å²) in [6.07, 6.45) is 5.49. The number of carbonyl (C=O) groups excluding carboxylic acids is 1. The van der Waals surface area contributed by atoms with E-state index in [1.165, 1.54) is 12.8 Å². The zero-order chi connectivity index (χ0) is 12.2. The number of nitrogens with one attached hydrogen (secondary N) is 1. The molecule has 0 spiro atoms. The molecular weight excluding hydrogens is 200 g/mol. The van der Waals surface area contributed by atoms with Gasteiger partial charge in [0.15, 0.2) is 0 Å². The maximum absolute atomic E-state index is 12.3. The van der Waals surface area contributed by atoms with Gasteiger partial charge in [0.2, 0.25) is 5.91 Å². The molecule has 0 radical (unpaired) electrons. The minimum atomic E-state index is -0.0996. The number of nitrogens with two attached hydrogens (primary N) is 1. The van der Waals surface area contributed by atoms with Crippen LogP contribution in [0.3, 0.4) is 0 Å². The van der Waals surface area contributed by atoms with Crippen LogP contribution in [-0.2, 0) is 4.79 Å². The number of amides is 1. The monoisotopic (exact) mass is 226 g/mol. The van der Waals surface area contributed by atoms with Gasteiger partial charge in [0, 0.05) is 18.0 Å². The quantitative estimate of drug-likeness (QED) is 0.754. The zero-order valence-corrected chi connectivity index (χ0v) is 10.9. The summed E-state index contributed by atoms with van der Waals surface area (Å²) >= 11 is 0. The summed E-state index contributed by atoms with van der Waals surface area (Å²) in [4.78, 5) is 12.3. The molecule has 16 heavy (non-hydrogen) atoms. The third-order valence-electron chi connectivity index (χ3n) is 3.57. The van der Waals surface area contributed by atoms with Crippen molar-refractivity contribution in [2.45, 2.75) is 58.9 Å². The van der Waals surface area contributed by atoms with E-state index in [1.807, 2.05) is 6.92 Å². The first-order valence-electron chi connectivity index (χ1n) is 6.51. The van der Waals surface area contributed by atoms with Gasteiger partial charge in [-0.25, -0.2) is 0 Å². The van der Waals surface area contributed by atoms with Crippen molar-refractivity contribution < 1.29 is 4.79 Å². The summed E-state index contributed by atoms with van der Waals surface area (Å²) in [5.74, 6) is 0.814. The van der Waals surface area contributed by atoms with Crippen molar-refractivity contribution in [3.8, 4) is 0 Å². The summed E-state index contributed by atoms with van der Waals surface area (Å²) in [5, 5.41) is 3.05. The van der Waals surface area contributed by atoms with Gasteiger partial charge in [-0.15, -0.1) is 0 Å². The molecule has 0 aromatic rings. The van der Waals surface area contributed by atoms with Crippen molar-refractivity contribution in [2.24, 2.45) is 17.1 Å². The molecule has 94 valence electrons. The summed E-state index contributed by atoms with van der Waals surface area (Å²) in [6, 6.07) is 0.0946. The van der Waals surface area contributed by atoms with E-state index in [0.717, 1.165) is 19.3 Å². The first kappa shape index (κ1) is 13.5. The normalized spacial score (nSPS) is 21.1. The van der Waals surface area contributed by atoms with Crippen LogP contribution in [0.1, 0.15) is 52.9 Å². The van der Waals surface area contributed by atoms with Gasteiger partial charge in [-0.3, -0.25) is 4.79 Å². The van der Waals surface area contributed by atoms with Crippen LogP contribution >= 0.6 is 0 Å². The molecule has 0 heterocycles. The lowest BCUT2D eigenvalue weighted by Crippen LogP contribution is -2.46. The van der Waals surface area contributed by atoms with E-state index in [1.54, 1.807) is 0 Å². The highest BCUT2D eigenvalue weighted by Gasteiger charge is 2.41. The molecule has 1 aliphatic rings. The number of hydrogen-bond acceptors (Lipinski definition) is 2. The van der Waals surface area contributed by atoms with E-state index >= 15 is 0 Å². The lowest BCUT2D eigenvalue weighted by molar-refractivity contribution is -0.132. The maximum atomic E-state index is 12.3. The molecule has 0 bridgehead atoms. The first-order chi connectivity index (χ1) is 7.50. The first-order valence-corrected chi connectivity index (χ1v) is 6.51. The Labute approximate surface area is 99.2 Å². The van der Waals surface area contributed by atoms with Gasteiger partial charge in [-0.2, -0.15) is 0 Å². The van der Waals surface area contributed by atoms with Gasteiger partial charge >= 0.3 is 0 Å². The van der Waals surface area contributed by atoms with Crippen LogP contribution < -0.4 is 11.1 Å². The molecular formula is C13H26N2O. The second-order valence-corrected chi connectivity index (χ2v) is 5.70. The molecule has 0 aliphatic heterocycles. The number of hydrogen-bond donors (Lipinski definition) is 2. The summed E-state index contributed by atoms with van der Waals surface area (Å²) < 4.78 is 0. The standard InChI is InChI=1S/C13H26N2O/c1-10(2)8-13(6-4-5-7-13)12(16)15-11(3)9-14/h10-11H,4-9,14H2,1-3H3,(H,15,16)/t11-/m0/s1. The molecule has 0 saturated heterocycles. The van der Waals surface area contributed by atoms with Crippen molar-refractivity contribution in [1.29, 1.82) is 0 Å². The predicted molar refractivity (Wildman–Crippen MR) is 67.0 cm³/mol. The number of carbonyl (C=O) groups is 1. The minimum absolute atomic E-state index is 0.0946. The highest BCUT2D eigenvalue weighted by atomic mass is 16.2. The fourth-order valence-corrected chi connectivity index (χ4v) is 2.79. The molecule has 0 aromatic heterocycles. The van der Waals surface area contributed by atoms with Gasteiger partial charge < -0.3 is 11.1 Å². The molecule has 0 aromatic carbocycles. The molecule has 3 N–H and O–H groups in total. The summed E-state index contributed by atoms with van der Waals surface area (Å²) in [7, 11) is 0. The van der Waals surface area contributed by atoms with E-state index < -0.39 is 0 Å². The molecule has 1 saturated carbocycles. The Kier molecular flexibility index (Phi) is 4.78. The van der Waals surface area contributed by atoms with Crippen molar-refractivity contribution >= 4 is 5.91 Å². The van der Waals surface area contributed by atoms with Crippen LogP contribution in [0.4, 0.5) is 0 Å². The van der Waals surface area contributed by atoms with Crippen molar-refractivity contribution in [3.05, 3.63) is 0 Å². The molecule has 1 aliphatic carbocycles. The number of rotatable bonds is 5. The van der Waals surface area contributed by atoms with Gasteiger partial charge in [-0.05, 0) is 32.1 Å². The van der Waals surface area contributed by atoms with Crippen LogP contribution in [0.15, 0.2) is 0 Å². The molecule has 1 fully saturated rings.